The molecule has 0 heterocycles. The van der Waals surface area contributed by atoms with E-state index in [2.05, 4.69) is 13.2 Å². The number of rotatable bonds is 6. The lowest BCUT2D eigenvalue weighted by Gasteiger charge is -2.13. The fourth-order valence-electron chi connectivity index (χ4n) is 0.421. The number of allylic oxidation sites excluding steroid dienone is 2. The molecule has 3 N–H and O–H groups in total. The Morgan fingerprint density at radius 2 is 1.30 bits per heavy atom. The van der Waals surface area contributed by atoms with Crippen LogP contribution in [-0.2, 0) is 9.47 Å². The summed E-state index contributed by atoms with van der Waals surface area (Å²) in [4.78, 5) is 0. The molecule has 0 aliphatic rings. The van der Waals surface area contributed by atoms with Crippen LogP contribution < -0.4 is 0 Å². The minimum Gasteiger partial charge on any atom is -0.394 e. The Morgan fingerprint density at radius 1 is 0.950 bits per heavy atom. The van der Waals surface area contributed by atoms with Gasteiger partial charge in [-0.2, -0.15) is 0 Å². The van der Waals surface area contributed by atoms with Crippen molar-refractivity contribution in [1.29, 1.82) is 0 Å². The van der Waals surface area contributed by atoms with Gasteiger partial charge in [-0.1, -0.05) is 12.2 Å². The Morgan fingerprint density at radius 3 is 1.50 bits per heavy atom. The molecule has 0 aromatic rings. The molecule has 0 aromatic carbocycles. The standard InChI is InChI=1S/C7H16O3.2C3H6.C2H6O2/c1-6(4-8)10-5-7(2)9-3;2*1-3-2;3-1-2-4/h6-8H,4-5H2,1-3H3;2*3H,1H2,2H3;3-4H,1-2H2. The quantitative estimate of drug-likeness (QED) is 0.651. The SMILES string of the molecule is C=CC.C=CC.COC(C)COC(C)CO.OCCO. The third kappa shape index (κ3) is 53.2. The van der Waals surface area contributed by atoms with Gasteiger partial charge in [0, 0.05) is 7.11 Å². The van der Waals surface area contributed by atoms with E-state index < -0.39 is 0 Å². The van der Waals surface area contributed by atoms with Gasteiger partial charge < -0.3 is 24.8 Å². The monoisotopic (exact) mass is 294 g/mol. The molecule has 0 radical (unpaired) electrons. The number of hydrogen-bond acceptors (Lipinski definition) is 5. The van der Waals surface area contributed by atoms with Gasteiger partial charge in [0.2, 0.25) is 0 Å². The second kappa shape index (κ2) is 31.0. The van der Waals surface area contributed by atoms with E-state index in [0.717, 1.165) is 0 Å². The van der Waals surface area contributed by atoms with Crippen LogP contribution in [0, 0.1) is 0 Å². The first-order valence-electron chi connectivity index (χ1n) is 6.56. The van der Waals surface area contributed by atoms with Crippen molar-refractivity contribution >= 4 is 0 Å². The molecular weight excluding hydrogens is 260 g/mol. The van der Waals surface area contributed by atoms with Crippen LogP contribution in [0.5, 0.6) is 0 Å². The number of methoxy groups -OCH3 is 1. The van der Waals surface area contributed by atoms with Crippen LogP contribution in [0.25, 0.3) is 0 Å². The summed E-state index contributed by atoms with van der Waals surface area (Å²) in [5, 5.41) is 23.8. The van der Waals surface area contributed by atoms with Crippen LogP contribution in [0.4, 0.5) is 0 Å². The van der Waals surface area contributed by atoms with E-state index in [-0.39, 0.29) is 32.0 Å². The molecule has 5 nitrogen and oxygen atoms in total. The molecule has 0 fully saturated rings. The lowest BCUT2D eigenvalue weighted by Crippen LogP contribution is -2.21. The van der Waals surface area contributed by atoms with Gasteiger partial charge in [-0.05, 0) is 27.7 Å². The van der Waals surface area contributed by atoms with Gasteiger partial charge in [-0.25, -0.2) is 0 Å². The Balaban J connectivity index is -0.000000106. The number of aliphatic hydroxyl groups is 3. The first kappa shape index (κ1) is 27.6. The normalized spacial score (nSPS) is 11.2. The van der Waals surface area contributed by atoms with Crippen molar-refractivity contribution in [3.63, 3.8) is 0 Å². The van der Waals surface area contributed by atoms with Crippen LogP contribution in [0.3, 0.4) is 0 Å². The van der Waals surface area contributed by atoms with Crippen LogP contribution in [0.15, 0.2) is 25.3 Å². The van der Waals surface area contributed by atoms with Crippen LogP contribution in [0.1, 0.15) is 27.7 Å². The zero-order valence-corrected chi connectivity index (χ0v) is 13.7. The van der Waals surface area contributed by atoms with Crippen molar-refractivity contribution in [2.45, 2.75) is 39.9 Å². The summed E-state index contributed by atoms with van der Waals surface area (Å²) < 4.78 is 10.1. The molecule has 0 spiro atoms. The van der Waals surface area contributed by atoms with Crippen molar-refractivity contribution in [3.8, 4) is 0 Å². The van der Waals surface area contributed by atoms with Crippen LogP contribution in [0.2, 0.25) is 0 Å². The molecule has 20 heavy (non-hydrogen) atoms. The Hall–Kier alpha value is -0.720. The van der Waals surface area contributed by atoms with E-state index in [1.54, 1.807) is 19.3 Å². The van der Waals surface area contributed by atoms with Crippen molar-refractivity contribution in [2.75, 3.05) is 33.5 Å². The van der Waals surface area contributed by atoms with Crippen molar-refractivity contribution < 1.29 is 24.8 Å². The molecule has 0 amide bonds. The summed E-state index contributed by atoms with van der Waals surface area (Å²) >= 11 is 0. The highest BCUT2D eigenvalue weighted by Crippen LogP contribution is 1.93. The van der Waals surface area contributed by atoms with E-state index in [0.29, 0.717) is 6.61 Å². The second-order valence-electron chi connectivity index (χ2n) is 3.64. The van der Waals surface area contributed by atoms with E-state index in [4.69, 9.17) is 24.8 Å². The smallest absolute Gasteiger partial charge is 0.0779 e. The van der Waals surface area contributed by atoms with Crippen molar-refractivity contribution in [3.05, 3.63) is 25.3 Å². The minimum absolute atomic E-state index is 0.0659. The first-order chi connectivity index (χ1) is 9.44. The highest BCUT2D eigenvalue weighted by atomic mass is 16.5. The molecule has 0 aliphatic carbocycles. The topological polar surface area (TPSA) is 79.2 Å². The van der Waals surface area contributed by atoms with E-state index in [9.17, 15) is 0 Å². The van der Waals surface area contributed by atoms with Gasteiger partial charge in [-0.3, -0.25) is 0 Å². The van der Waals surface area contributed by atoms with Gasteiger partial charge in [0.15, 0.2) is 0 Å². The Labute approximate surface area is 124 Å². The fourth-order valence-corrected chi connectivity index (χ4v) is 0.421. The predicted octanol–water partition coefficient (Wildman–Crippen LogP) is 1.77. The predicted molar refractivity (Wildman–Crippen MR) is 84.9 cm³/mol. The zero-order valence-electron chi connectivity index (χ0n) is 13.7. The maximum Gasteiger partial charge on any atom is 0.0779 e. The number of aliphatic hydroxyl groups excluding tert-OH is 3. The third-order valence-electron chi connectivity index (χ3n) is 1.37. The average Bonchev–Trinajstić information content (AvgIpc) is 2.46. The fraction of sp³-hybridized carbons (Fsp3) is 0.733. The van der Waals surface area contributed by atoms with Crippen LogP contribution in [-0.4, -0.2) is 61.1 Å². The zero-order chi connectivity index (χ0) is 16.8. The van der Waals surface area contributed by atoms with Crippen LogP contribution >= 0.6 is 0 Å². The summed E-state index contributed by atoms with van der Waals surface area (Å²) in [5.74, 6) is 0. The maximum atomic E-state index is 8.55. The lowest BCUT2D eigenvalue weighted by molar-refractivity contribution is -0.0313. The molecule has 2 atom stereocenters. The molecule has 124 valence electrons. The molecule has 2 unspecified atom stereocenters. The maximum absolute atomic E-state index is 8.55. The Kier molecular flexibility index (Phi) is 42.7. The van der Waals surface area contributed by atoms with Gasteiger partial charge in [0.05, 0.1) is 38.6 Å². The highest BCUT2D eigenvalue weighted by molar-refractivity contribution is 4.52. The molecule has 0 rings (SSSR count). The lowest BCUT2D eigenvalue weighted by atomic mass is 10.4. The highest BCUT2D eigenvalue weighted by Gasteiger charge is 2.03. The van der Waals surface area contributed by atoms with Gasteiger partial charge in [-0.15, -0.1) is 13.2 Å². The third-order valence-corrected chi connectivity index (χ3v) is 1.37. The molecule has 0 aliphatic heterocycles. The molecule has 0 saturated heterocycles. The Bertz CT molecular complexity index is 144. The summed E-state index contributed by atoms with van der Waals surface area (Å²) in [6.45, 7) is 14.6. The van der Waals surface area contributed by atoms with E-state index >= 15 is 0 Å². The second-order valence-corrected chi connectivity index (χ2v) is 3.64. The minimum atomic E-state index is -0.125. The molecule has 0 aromatic heterocycles. The summed E-state index contributed by atoms with van der Waals surface area (Å²) in [5.41, 5.74) is 0. The molecule has 0 saturated carbocycles. The van der Waals surface area contributed by atoms with Gasteiger partial charge >= 0.3 is 0 Å². The van der Waals surface area contributed by atoms with E-state index in [1.165, 1.54) is 0 Å². The van der Waals surface area contributed by atoms with E-state index in [1.807, 2.05) is 27.7 Å². The largest absolute Gasteiger partial charge is 0.394 e. The van der Waals surface area contributed by atoms with Crippen molar-refractivity contribution in [2.24, 2.45) is 0 Å². The number of hydrogen-bond donors (Lipinski definition) is 3. The number of ether oxygens (including phenoxy) is 2. The summed E-state index contributed by atoms with van der Waals surface area (Å²) in [6.07, 6.45) is 3.52. The van der Waals surface area contributed by atoms with Crippen molar-refractivity contribution in [1.82, 2.24) is 0 Å². The van der Waals surface area contributed by atoms with Gasteiger partial charge in [0.1, 0.15) is 0 Å². The first-order valence-corrected chi connectivity index (χ1v) is 6.56. The summed E-state index contributed by atoms with van der Waals surface area (Å²) in [6, 6.07) is 0. The summed E-state index contributed by atoms with van der Waals surface area (Å²) in [7, 11) is 1.64. The molecule has 5 heteroatoms. The average molecular weight is 294 g/mol. The molecule has 0 bridgehead atoms. The van der Waals surface area contributed by atoms with Gasteiger partial charge in [0.25, 0.3) is 0 Å². The molecular formula is C15H34O5.